The Kier molecular flexibility index (Phi) is 7.97. The molecule has 1 aromatic carbocycles. The summed E-state index contributed by atoms with van der Waals surface area (Å²) in [5.41, 5.74) is 1.69. The number of carbonyl (C=O) groups excluding carboxylic acids is 1. The van der Waals surface area contributed by atoms with Crippen molar-refractivity contribution in [1.82, 2.24) is 14.9 Å². The van der Waals surface area contributed by atoms with Crippen molar-refractivity contribution in [2.75, 3.05) is 26.5 Å². The molecule has 166 valence electrons. The first kappa shape index (κ1) is 23.1. The van der Waals surface area contributed by atoms with Crippen LogP contribution in [0.15, 0.2) is 39.6 Å². The molecule has 0 unspecified atom stereocenters. The minimum absolute atomic E-state index is 0.0370. The predicted octanol–water partition coefficient (Wildman–Crippen LogP) is 3.58. The van der Waals surface area contributed by atoms with Crippen molar-refractivity contribution in [3.05, 3.63) is 45.6 Å². The van der Waals surface area contributed by atoms with Crippen molar-refractivity contribution in [3.8, 4) is 11.5 Å². The Morgan fingerprint density at radius 2 is 2.00 bits per heavy atom. The number of thiophene rings is 1. The summed E-state index contributed by atoms with van der Waals surface area (Å²) in [7, 11) is 3.20. The van der Waals surface area contributed by atoms with Gasteiger partial charge in [0.2, 0.25) is 5.91 Å². The number of methoxy groups -OCH3 is 2. The van der Waals surface area contributed by atoms with Gasteiger partial charge in [0.05, 0.1) is 25.5 Å². The lowest BCUT2D eigenvalue weighted by Crippen LogP contribution is -2.29. The van der Waals surface area contributed by atoms with Crippen molar-refractivity contribution in [2.45, 2.75) is 32.0 Å². The summed E-state index contributed by atoms with van der Waals surface area (Å²) >= 11 is 2.70. The molecule has 0 atom stereocenters. The van der Waals surface area contributed by atoms with Gasteiger partial charge in [-0.1, -0.05) is 31.7 Å². The molecule has 0 aliphatic heterocycles. The van der Waals surface area contributed by atoms with Gasteiger partial charge in [-0.2, -0.15) is 0 Å². The number of nitrogens with one attached hydrogen (secondary N) is 1. The molecule has 0 spiro atoms. The molecule has 0 aliphatic rings. The van der Waals surface area contributed by atoms with Crippen LogP contribution in [0.5, 0.6) is 11.5 Å². The Hall–Kier alpha value is -2.52. The highest BCUT2D eigenvalue weighted by Gasteiger charge is 2.15. The lowest BCUT2D eigenvalue weighted by Gasteiger charge is -2.14. The Labute approximate surface area is 189 Å². The highest BCUT2D eigenvalue weighted by Crippen LogP contribution is 2.27. The van der Waals surface area contributed by atoms with Crippen LogP contribution in [-0.4, -0.2) is 42.0 Å². The third kappa shape index (κ3) is 5.80. The lowest BCUT2D eigenvalue weighted by atomic mass is 10.1. The summed E-state index contributed by atoms with van der Waals surface area (Å²) in [5, 5.41) is 5.38. The van der Waals surface area contributed by atoms with E-state index in [1.165, 1.54) is 23.1 Å². The van der Waals surface area contributed by atoms with Gasteiger partial charge in [0.1, 0.15) is 4.70 Å². The van der Waals surface area contributed by atoms with E-state index in [0.717, 1.165) is 5.56 Å². The van der Waals surface area contributed by atoms with Crippen LogP contribution in [0.4, 0.5) is 0 Å². The standard InChI is InChI=1S/C22H27N3O4S2/c1-14(2)12-25-21(27)20-16(8-10-30-20)24-22(25)31-13-19(26)23-9-7-15-5-6-17(28-3)18(11-15)29-4/h5-6,8,10-11,14H,7,9,12-13H2,1-4H3,(H,23,26). The van der Waals surface area contributed by atoms with Crippen LogP contribution in [0.2, 0.25) is 0 Å². The number of hydrogen-bond acceptors (Lipinski definition) is 7. The van der Waals surface area contributed by atoms with E-state index < -0.39 is 0 Å². The number of fused-ring (bicyclic) bond motifs is 1. The second-order valence-electron chi connectivity index (χ2n) is 7.42. The molecule has 1 amide bonds. The van der Waals surface area contributed by atoms with Crippen molar-refractivity contribution < 1.29 is 14.3 Å². The maximum atomic E-state index is 12.8. The molecule has 3 aromatic rings. The van der Waals surface area contributed by atoms with Crippen LogP contribution in [0.1, 0.15) is 19.4 Å². The molecule has 7 nitrogen and oxygen atoms in total. The predicted molar refractivity (Wildman–Crippen MR) is 126 cm³/mol. The van der Waals surface area contributed by atoms with Gasteiger partial charge in [-0.05, 0) is 41.5 Å². The molecule has 9 heteroatoms. The summed E-state index contributed by atoms with van der Waals surface area (Å²) in [4.78, 5) is 29.8. The third-order valence-corrected chi connectivity index (χ3v) is 6.46. The van der Waals surface area contributed by atoms with Crippen molar-refractivity contribution in [3.63, 3.8) is 0 Å². The Morgan fingerprint density at radius 3 is 2.71 bits per heavy atom. The normalized spacial score (nSPS) is 11.1. The highest BCUT2D eigenvalue weighted by atomic mass is 32.2. The fourth-order valence-corrected chi connectivity index (χ4v) is 4.74. The first-order valence-electron chi connectivity index (χ1n) is 10.0. The number of benzene rings is 1. The van der Waals surface area contributed by atoms with Crippen LogP contribution >= 0.6 is 23.1 Å². The molecule has 0 radical (unpaired) electrons. The molecule has 3 rings (SSSR count). The molecular formula is C22H27N3O4S2. The topological polar surface area (TPSA) is 82.5 Å². The van der Waals surface area contributed by atoms with Gasteiger partial charge in [0.15, 0.2) is 16.7 Å². The zero-order valence-electron chi connectivity index (χ0n) is 18.1. The molecule has 2 aromatic heterocycles. The number of carbonyl (C=O) groups is 1. The number of rotatable bonds is 10. The van der Waals surface area contributed by atoms with E-state index in [1.54, 1.807) is 18.8 Å². The van der Waals surface area contributed by atoms with Crippen molar-refractivity contribution >= 4 is 39.2 Å². The van der Waals surface area contributed by atoms with Crippen LogP contribution in [0, 0.1) is 5.92 Å². The van der Waals surface area contributed by atoms with E-state index in [9.17, 15) is 9.59 Å². The van der Waals surface area contributed by atoms with Crippen LogP contribution in [-0.2, 0) is 17.8 Å². The van der Waals surface area contributed by atoms with Crippen LogP contribution in [0.3, 0.4) is 0 Å². The quantitative estimate of drug-likeness (QED) is 0.367. The number of nitrogens with zero attached hydrogens (tertiary/aromatic N) is 2. The molecule has 31 heavy (non-hydrogen) atoms. The molecule has 1 N–H and O–H groups in total. The maximum absolute atomic E-state index is 12.8. The van der Waals surface area contributed by atoms with Gasteiger partial charge in [0.25, 0.3) is 5.56 Å². The zero-order chi connectivity index (χ0) is 22.4. The Bertz CT molecular complexity index is 1110. The van der Waals surface area contributed by atoms with Gasteiger partial charge < -0.3 is 14.8 Å². The average Bonchev–Trinajstić information content (AvgIpc) is 3.23. The molecule has 0 saturated carbocycles. The monoisotopic (exact) mass is 461 g/mol. The first-order valence-corrected chi connectivity index (χ1v) is 11.9. The smallest absolute Gasteiger partial charge is 0.272 e. The van der Waals surface area contributed by atoms with Gasteiger partial charge in [0, 0.05) is 13.1 Å². The first-order chi connectivity index (χ1) is 14.9. The molecule has 0 saturated heterocycles. The van der Waals surface area contributed by atoms with E-state index >= 15 is 0 Å². The minimum atomic E-state index is -0.0961. The number of ether oxygens (including phenoxy) is 2. The highest BCUT2D eigenvalue weighted by molar-refractivity contribution is 7.99. The van der Waals surface area contributed by atoms with Gasteiger partial charge in [-0.15, -0.1) is 11.3 Å². The Balaban J connectivity index is 1.59. The number of hydrogen-bond donors (Lipinski definition) is 1. The van der Waals surface area contributed by atoms with E-state index in [0.29, 0.717) is 52.3 Å². The molecule has 0 bridgehead atoms. The number of aromatic nitrogens is 2. The molecule has 0 fully saturated rings. The van der Waals surface area contributed by atoms with Crippen LogP contribution in [0.25, 0.3) is 10.2 Å². The minimum Gasteiger partial charge on any atom is -0.493 e. The molecule has 2 heterocycles. The maximum Gasteiger partial charge on any atom is 0.272 e. The average molecular weight is 462 g/mol. The Morgan fingerprint density at radius 1 is 1.23 bits per heavy atom. The van der Waals surface area contributed by atoms with Crippen molar-refractivity contribution in [2.24, 2.45) is 5.92 Å². The van der Waals surface area contributed by atoms with Gasteiger partial charge in [-0.25, -0.2) is 4.98 Å². The molecular weight excluding hydrogens is 434 g/mol. The van der Waals surface area contributed by atoms with E-state index in [2.05, 4.69) is 24.1 Å². The van der Waals surface area contributed by atoms with Gasteiger partial charge in [-0.3, -0.25) is 14.2 Å². The van der Waals surface area contributed by atoms with Crippen LogP contribution < -0.4 is 20.3 Å². The largest absolute Gasteiger partial charge is 0.493 e. The molecule has 0 aliphatic carbocycles. The summed E-state index contributed by atoms with van der Waals surface area (Å²) in [6, 6.07) is 7.55. The van der Waals surface area contributed by atoms with E-state index in [-0.39, 0.29) is 17.2 Å². The summed E-state index contributed by atoms with van der Waals surface area (Å²) < 4.78 is 12.9. The van der Waals surface area contributed by atoms with Crippen molar-refractivity contribution in [1.29, 1.82) is 0 Å². The summed E-state index contributed by atoms with van der Waals surface area (Å²) in [6.07, 6.45) is 0.675. The SMILES string of the molecule is COc1ccc(CCNC(=O)CSc2nc3ccsc3c(=O)n2CC(C)C)cc1OC. The number of amides is 1. The van der Waals surface area contributed by atoms with Gasteiger partial charge >= 0.3 is 0 Å². The fraction of sp³-hybridized carbons (Fsp3) is 0.409. The number of thioether (sulfide) groups is 1. The third-order valence-electron chi connectivity index (χ3n) is 4.59. The van der Waals surface area contributed by atoms with E-state index in [4.69, 9.17) is 9.47 Å². The summed E-state index contributed by atoms with van der Waals surface area (Å²) in [5.74, 6) is 1.74. The second kappa shape index (κ2) is 10.7. The lowest BCUT2D eigenvalue weighted by molar-refractivity contribution is -0.118. The van der Waals surface area contributed by atoms with E-state index in [1.807, 2.05) is 29.6 Å². The second-order valence-corrected chi connectivity index (χ2v) is 9.28. The fourth-order valence-electron chi connectivity index (χ4n) is 3.12. The summed E-state index contributed by atoms with van der Waals surface area (Å²) in [6.45, 7) is 5.19. The zero-order valence-corrected chi connectivity index (χ0v) is 19.8.